The van der Waals surface area contributed by atoms with Crippen LogP contribution in [0.2, 0.25) is 0 Å². The van der Waals surface area contributed by atoms with Crippen LogP contribution in [0.4, 0.5) is 5.69 Å². The van der Waals surface area contributed by atoms with E-state index >= 15 is 0 Å². The first kappa shape index (κ1) is 15.7. The van der Waals surface area contributed by atoms with Gasteiger partial charge in [0, 0.05) is 5.69 Å². The number of anilines is 1. The van der Waals surface area contributed by atoms with Crippen LogP contribution in [-0.4, -0.2) is 17.4 Å². The second-order valence-electron chi connectivity index (χ2n) is 3.46. The number of carbonyl (C=O) groups is 1. The molecule has 0 radical (unpaired) electrons. The van der Waals surface area contributed by atoms with Crippen LogP contribution in [0.25, 0.3) is 0 Å². The van der Waals surface area contributed by atoms with Crippen LogP contribution in [0.5, 0.6) is 0 Å². The fraction of sp³-hybridized carbons (Fsp3) is 0.286. The van der Waals surface area contributed by atoms with E-state index in [-0.39, 0.29) is 11.5 Å². The molecule has 0 aliphatic rings. The highest BCUT2D eigenvalue weighted by Gasteiger charge is 2.15. The van der Waals surface area contributed by atoms with Gasteiger partial charge in [-0.25, -0.2) is 0 Å². The van der Waals surface area contributed by atoms with Crippen molar-refractivity contribution in [3.05, 3.63) is 40.1 Å². The van der Waals surface area contributed by atoms with Crippen molar-refractivity contribution in [1.29, 1.82) is 5.26 Å². The van der Waals surface area contributed by atoms with Crippen molar-refractivity contribution >= 4 is 35.1 Å². The maximum atomic E-state index is 12.1. The summed E-state index contributed by atoms with van der Waals surface area (Å²) < 4.78 is 0.793. The molecule has 0 aromatic heterocycles. The van der Waals surface area contributed by atoms with Crippen LogP contribution >= 0.6 is 23.5 Å². The number of benzene rings is 1. The van der Waals surface area contributed by atoms with E-state index in [2.05, 4.69) is 5.32 Å². The van der Waals surface area contributed by atoms with Gasteiger partial charge in [-0.05, 0) is 23.6 Å². The molecule has 0 bridgehead atoms. The summed E-state index contributed by atoms with van der Waals surface area (Å²) in [6, 6.07) is 11.2. The lowest BCUT2D eigenvalue weighted by atomic mass is 10.3. The molecule has 0 saturated heterocycles. The van der Waals surface area contributed by atoms with E-state index < -0.39 is 0 Å². The Morgan fingerprint density at radius 2 is 1.79 bits per heavy atom. The van der Waals surface area contributed by atoms with E-state index in [1.165, 1.54) is 23.5 Å². The molecule has 0 fully saturated rings. The lowest BCUT2D eigenvalue weighted by molar-refractivity contribution is -0.112. The standard InChI is InChI=1S/C14H16N2OS2/c1-3-18-14(19-4-2)12(10-15)13(17)16-11-8-6-5-7-9-11/h5-9H,3-4H2,1-2H3,(H,16,17). The average Bonchev–Trinajstić information content (AvgIpc) is 2.41. The highest BCUT2D eigenvalue weighted by Crippen LogP contribution is 2.31. The molecule has 0 aliphatic heterocycles. The summed E-state index contributed by atoms with van der Waals surface area (Å²) in [5.41, 5.74) is 0.894. The van der Waals surface area contributed by atoms with Crippen LogP contribution in [-0.2, 0) is 4.79 Å². The molecule has 5 heteroatoms. The molecule has 0 aliphatic carbocycles. The van der Waals surface area contributed by atoms with Crippen LogP contribution < -0.4 is 5.32 Å². The molecule has 0 spiro atoms. The third kappa shape index (κ3) is 5.01. The highest BCUT2D eigenvalue weighted by atomic mass is 32.2. The molecule has 1 rings (SSSR count). The second kappa shape index (κ2) is 8.68. The van der Waals surface area contributed by atoms with E-state index in [1.54, 1.807) is 12.1 Å². The third-order valence-corrected chi connectivity index (χ3v) is 4.34. The van der Waals surface area contributed by atoms with Crippen molar-refractivity contribution in [3.8, 4) is 6.07 Å². The van der Waals surface area contributed by atoms with Crippen molar-refractivity contribution in [2.75, 3.05) is 16.8 Å². The average molecular weight is 292 g/mol. The SMILES string of the molecule is CCSC(SCC)=C(C#N)C(=O)Nc1ccccc1. The van der Waals surface area contributed by atoms with Crippen LogP contribution in [0.1, 0.15) is 13.8 Å². The van der Waals surface area contributed by atoms with E-state index in [0.29, 0.717) is 5.69 Å². The molecule has 1 aromatic carbocycles. The number of hydrogen-bond acceptors (Lipinski definition) is 4. The van der Waals surface area contributed by atoms with Crippen molar-refractivity contribution < 1.29 is 4.79 Å². The molecule has 0 unspecified atom stereocenters. The quantitative estimate of drug-likeness (QED) is 0.639. The van der Waals surface area contributed by atoms with Crippen molar-refractivity contribution in [3.63, 3.8) is 0 Å². The lowest BCUT2D eigenvalue weighted by Crippen LogP contribution is -2.14. The lowest BCUT2D eigenvalue weighted by Gasteiger charge is -2.08. The van der Waals surface area contributed by atoms with Gasteiger partial charge in [0.1, 0.15) is 11.6 Å². The topological polar surface area (TPSA) is 52.9 Å². The predicted octanol–water partition coefficient (Wildman–Crippen LogP) is 3.87. The van der Waals surface area contributed by atoms with Gasteiger partial charge in [-0.2, -0.15) is 5.26 Å². The molecule has 1 aromatic rings. The Bertz CT molecular complexity index is 484. The Balaban J connectivity index is 2.92. The molecule has 0 heterocycles. The monoisotopic (exact) mass is 292 g/mol. The number of para-hydroxylation sites is 1. The van der Waals surface area contributed by atoms with Gasteiger partial charge in [0.25, 0.3) is 5.91 Å². The first-order chi connectivity index (χ1) is 9.22. The van der Waals surface area contributed by atoms with E-state index in [4.69, 9.17) is 0 Å². The minimum Gasteiger partial charge on any atom is -0.321 e. The number of nitrogens with one attached hydrogen (secondary N) is 1. The Labute approximate surface area is 122 Å². The molecule has 100 valence electrons. The summed E-state index contributed by atoms with van der Waals surface area (Å²) >= 11 is 3.06. The van der Waals surface area contributed by atoms with Gasteiger partial charge in [-0.15, -0.1) is 23.5 Å². The number of hydrogen-bond donors (Lipinski definition) is 1. The molecule has 3 nitrogen and oxygen atoms in total. The number of rotatable bonds is 6. The summed E-state index contributed by atoms with van der Waals surface area (Å²) in [6.07, 6.45) is 0. The molecule has 19 heavy (non-hydrogen) atoms. The van der Waals surface area contributed by atoms with Gasteiger partial charge < -0.3 is 5.32 Å². The fourth-order valence-corrected chi connectivity index (χ4v) is 3.48. The summed E-state index contributed by atoms with van der Waals surface area (Å²) in [5, 5.41) is 11.9. The van der Waals surface area contributed by atoms with E-state index in [1.807, 2.05) is 38.1 Å². The van der Waals surface area contributed by atoms with Crippen molar-refractivity contribution in [2.45, 2.75) is 13.8 Å². The van der Waals surface area contributed by atoms with E-state index in [9.17, 15) is 10.1 Å². The number of thioether (sulfide) groups is 2. The largest absolute Gasteiger partial charge is 0.321 e. The van der Waals surface area contributed by atoms with Gasteiger partial charge in [-0.3, -0.25) is 4.79 Å². The first-order valence-corrected chi connectivity index (χ1v) is 7.96. The number of nitrogens with zero attached hydrogens (tertiary/aromatic N) is 1. The van der Waals surface area contributed by atoms with Gasteiger partial charge in [0.2, 0.25) is 0 Å². The Morgan fingerprint density at radius 1 is 1.21 bits per heavy atom. The normalized spacial score (nSPS) is 9.53. The van der Waals surface area contributed by atoms with E-state index in [0.717, 1.165) is 15.7 Å². The Morgan fingerprint density at radius 3 is 2.26 bits per heavy atom. The summed E-state index contributed by atoms with van der Waals surface area (Å²) in [5.74, 6) is 1.34. The summed E-state index contributed by atoms with van der Waals surface area (Å²) in [7, 11) is 0. The number of amides is 1. The summed E-state index contributed by atoms with van der Waals surface area (Å²) in [4.78, 5) is 12.1. The van der Waals surface area contributed by atoms with Crippen LogP contribution in [0.15, 0.2) is 40.1 Å². The minimum absolute atomic E-state index is 0.197. The zero-order valence-electron chi connectivity index (χ0n) is 11.0. The first-order valence-electron chi connectivity index (χ1n) is 5.99. The molecule has 1 amide bonds. The van der Waals surface area contributed by atoms with Gasteiger partial charge in [-0.1, -0.05) is 32.0 Å². The predicted molar refractivity (Wildman–Crippen MR) is 84.0 cm³/mol. The Hall–Kier alpha value is -1.38. The smallest absolute Gasteiger partial charge is 0.268 e. The maximum absolute atomic E-state index is 12.1. The van der Waals surface area contributed by atoms with Crippen LogP contribution in [0.3, 0.4) is 0 Å². The molecule has 0 saturated carbocycles. The maximum Gasteiger partial charge on any atom is 0.268 e. The molecule has 0 atom stereocenters. The molecular weight excluding hydrogens is 276 g/mol. The highest BCUT2D eigenvalue weighted by molar-refractivity contribution is 8.22. The number of carbonyl (C=O) groups excluding carboxylic acids is 1. The van der Waals surface area contributed by atoms with Gasteiger partial charge >= 0.3 is 0 Å². The fourth-order valence-electron chi connectivity index (χ4n) is 1.35. The molecular formula is C14H16N2OS2. The minimum atomic E-state index is -0.342. The van der Waals surface area contributed by atoms with Gasteiger partial charge in [0.05, 0.1) is 4.24 Å². The third-order valence-electron chi connectivity index (χ3n) is 2.13. The zero-order valence-corrected chi connectivity index (χ0v) is 12.6. The Kier molecular flexibility index (Phi) is 7.16. The summed E-state index contributed by atoms with van der Waals surface area (Å²) in [6.45, 7) is 4.01. The van der Waals surface area contributed by atoms with Crippen molar-refractivity contribution in [1.82, 2.24) is 0 Å². The molecule has 1 N–H and O–H groups in total. The van der Waals surface area contributed by atoms with Crippen molar-refractivity contribution in [2.24, 2.45) is 0 Å². The number of nitriles is 1. The second-order valence-corrected chi connectivity index (χ2v) is 6.27. The van der Waals surface area contributed by atoms with Crippen LogP contribution in [0, 0.1) is 11.3 Å². The zero-order chi connectivity index (χ0) is 14.1. The van der Waals surface area contributed by atoms with Gasteiger partial charge in [0.15, 0.2) is 0 Å².